The van der Waals surface area contributed by atoms with Crippen molar-refractivity contribution in [3.8, 4) is 0 Å². The summed E-state index contributed by atoms with van der Waals surface area (Å²) in [5, 5.41) is 13.2. The Morgan fingerprint density at radius 2 is 2.00 bits per heavy atom. The molecule has 0 aliphatic carbocycles. The van der Waals surface area contributed by atoms with Crippen LogP contribution in [0.4, 0.5) is 0 Å². The minimum Gasteiger partial charge on any atom is -0.457 e. The van der Waals surface area contributed by atoms with Crippen LogP contribution in [-0.2, 0) is 11.3 Å². The molecule has 2 aliphatic heterocycles. The van der Waals surface area contributed by atoms with Gasteiger partial charge in [-0.25, -0.2) is 4.79 Å². The molecule has 0 spiro atoms. The molecule has 2 aliphatic rings. The number of hydrogen-bond donors (Lipinski definition) is 2. The Bertz CT molecular complexity index is 929. The first-order valence-corrected chi connectivity index (χ1v) is 9.98. The number of carbonyl (C=O) groups is 2. The minimum atomic E-state index is -0.290. The van der Waals surface area contributed by atoms with Crippen LogP contribution in [0.15, 0.2) is 40.9 Å². The summed E-state index contributed by atoms with van der Waals surface area (Å²) in [6, 6.07) is 10.6. The van der Waals surface area contributed by atoms with Gasteiger partial charge in [-0.3, -0.25) is 4.79 Å². The number of fused-ring (bicyclic) bond motifs is 1. The SMILES string of the molecule is Cc1c([C@@H]2CN(C(=O)c3ccc(Br)cc3)C[C@H](CO)N2)ccc2c1COC2=O. The van der Waals surface area contributed by atoms with E-state index >= 15 is 0 Å². The fourth-order valence-corrected chi connectivity index (χ4v) is 4.20. The molecule has 2 aromatic rings. The number of benzene rings is 2. The van der Waals surface area contributed by atoms with E-state index in [9.17, 15) is 14.7 Å². The van der Waals surface area contributed by atoms with Gasteiger partial charge >= 0.3 is 5.97 Å². The van der Waals surface area contributed by atoms with E-state index in [0.717, 1.165) is 21.2 Å². The lowest BCUT2D eigenvalue weighted by Gasteiger charge is -2.39. The van der Waals surface area contributed by atoms with Crippen LogP contribution in [0.1, 0.15) is 43.4 Å². The molecule has 146 valence electrons. The molecule has 0 aromatic heterocycles. The van der Waals surface area contributed by atoms with Crippen molar-refractivity contribution in [3.63, 3.8) is 0 Å². The lowest BCUT2D eigenvalue weighted by Crippen LogP contribution is -2.55. The second-order valence-electron chi connectivity index (χ2n) is 7.20. The molecule has 0 radical (unpaired) electrons. The maximum atomic E-state index is 13.0. The van der Waals surface area contributed by atoms with Gasteiger partial charge in [0.15, 0.2) is 0 Å². The van der Waals surface area contributed by atoms with Crippen LogP contribution in [0.25, 0.3) is 0 Å². The number of piperazine rings is 1. The molecule has 1 saturated heterocycles. The van der Waals surface area contributed by atoms with E-state index in [-0.39, 0.29) is 37.2 Å². The average Bonchev–Trinajstić information content (AvgIpc) is 3.09. The molecular formula is C21H21BrN2O4. The zero-order valence-corrected chi connectivity index (χ0v) is 17.0. The Morgan fingerprint density at radius 3 is 2.71 bits per heavy atom. The summed E-state index contributed by atoms with van der Waals surface area (Å²) in [4.78, 5) is 26.6. The molecule has 4 rings (SSSR count). The van der Waals surface area contributed by atoms with E-state index < -0.39 is 0 Å². The Balaban J connectivity index is 1.62. The monoisotopic (exact) mass is 444 g/mol. The van der Waals surface area contributed by atoms with Gasteiger partial charge in [-0.2, -0.15) is 0 Å². The molecule has 7 heteroatoms. The zero-order chi connectivity index (χ0) is 19.8. The lowest BCUT2D eigenvalue weighted by molar-refractivity contribution is 0.0533. The lowest BCUT2D eigenvalue weighted by atomic mass is 9.92. The van der Waals surface area contributed by atoms with E-state index in [1.54, 1.807) is 23.1 Å². The number of nitrogens with zero attached hydrogens (tertiary/aromatic N) is 1. The van der Waals surface area contributed by atoms with Gasteiger partial charge in [-0.1, -0.05) is 22.0 Å². The molecular weight excluding hydrogens is 424 g/mol. The molecule has 1 amide bonds. The first-order valence-electron chi connectivity index (χ1n) is 9.19. The summed E-state index contributed by atoms with van der Waals surface area (Å²) in [5.74, 6) is -0.351. The van der Waals surface area contributed by atoms with Crippen molar-refractivity contribution in [2.24, 2.45) is 0 Å². The maximum Gasteiger partial charge on any atom is 0.338 e. The van der Waals surface area contributed by atoms with Crippen LogP contribution < -0.4 is 5.32 Å². The minimum absolute atomic E-state index is 0.0604. The first kappa shape index (κ1) is 19.1. The summed E-state index contributed by atoms with van der Waals surface area (Å²) in [5.41, 5.74) is 4.14. The third-order valence-electron chi connectivity index (χ3n) is 5.46. The highest BCUT2D eigenvalue weighted by molar-refractivity contribution is 9.10. The summed E-state index contributed by atoms with van der Waals surface area (Å²) in [6.45, 7) is 3.12. The highest BCUT2D eigenvalue weighted by atomic mass is 79.9. The maximum absolute atomic E-state index is 13.0. The van der Waals surface area contributed by atoms with Crippen molar-refractivity contribution in [2.45, 2.75) is 25.6 Å². The summed E-state index contributed by atoms with van der Waals surface area (Å²) in [6.07, 6.45) is 0. The van der Waals surface area contributed by atoms with E-state index in [1.165, 1.54) is 0 Å². The quantitative estimate of drug-likeness (QED) is 0.711. The Labute approximate surface area is 171 Å². The Hall–Kier alpha value is -2.22. The molecule has 0 bridgehead atoms. The van der Waals surface area contributed by atoms with E-state index in [1.807, 2.05) is 25.1 Å². The predicted molar refractivity (Wildman–Crippen MR) is 107 cm³/mol. The van der Waals surface area contributed by atoms with Gasteiger partial charge < -0.3 is 20.1 Å². The predicted octanol–water partition coefficient (Wildman–Crippen LogP) is 2.58. The highest BCUT2D eigenvalue weighted by Crippen LogP contribution is 2.31. The van der Waals surface area contributed by atoms with Crippen LogP contribution in [0.2, 0.25) is 0 Å². The zero-order valence-electron chi connectivity index (χ0n) is 15.4. The number of aliphatic hydroxyl groups excluding tert-OH is 1. The fraction of sp³-hybridized carbons (Fsp3) is 0.333. The molecule has 2 aromatic carbocycles. The van der Waals surface area contributed by atoms with Gasteiger partial charge in [-0.15, -0.1) is 0 Å². The van der Waals surface area contributed by atoms with Crippen LogP contribution in [0.3, 0.4) is 0 Å². The van der Waals surface area contributed by atoms with Gasteiger partial charge in [0.05, 0.1) is 18.2 Å². The largest absolute Gasteiger partial charge is 0.457 e. The molecule has 0 saturated carbocycles. The van der Waals surface area contributed by atoms with Gasteiger partial charge in [0.1, 0.15) is 6.61 Å². The number of hydrogen-bond acceptors (Lipinski definition) is 5. The number of carbonyl (C=O) groups excluding carboxylic acids is 2. The number of amides is 1. The van der Waals surface area contributed by atoms with Crippen molar-refractivity contribution in [2.75, 3.05) is 19.7 Å². The van der Waals surface area contributed by atoms with Crippen LogP contribution in [0.5, 0.6) is 0 Å². The van der Waals surface area contributed by atoms with Gasteiger partial charge in [0.25, 0.3) is 5.91 Å². The third-order valence-corrected chi connectivity index (χ3v) is 5.99. The number of esters is 1. The molecule has 0 unspecified atom stereocenters. The number of cyclic esters (lactones) is 1. The number of nitrogens with one attached hydrogen (secondary N) is 1. The third kappa shape index (κ3) is 3.45. The van der Waals surface area contributed by atoms with Crippen molar-refractivity contribution in [3.05, 3.63) is 68.7 Å². The van der Waals surface area contributed by atoms with Gasteiger partial charge in [0, 0.05) is 34.7 Å². The fourth-order valence-electron chi connectivity index (χ4n) is 3.94. The van der Waals surface area contributed by atoms with Crippen LogP contribution >= 0.6 is 15.9 Å². The topological polar surface area (TPSA) is 78.9 Å². The summed E-state index contributed by atoms with van der Waals surface area (Å²) in [7, 11) is 0. The summed E-state index contributed by atoms with van der Waals surface area (Å²) >= 11 is 3.39. The molecule has 1 fully saturated rings. The van der Waals surface area contributed by atoms with Gasteiger partial charge in [-0.05, 0) is 48.4 Å². The van der Waals surface area contributed by atoms with Gasteiger partial charge in [0.2, 0.25) is 0 Å². The number of halogens is 1. The Kier molecular flexibility index (Phi) is 5.23. The molecule has 6 nitrogen and oxygen atoms in total. The van der Waals surface area contributed by atoms with E-state index in [0.29, 0.717) is 24.2 Å². The normalized spacial score (nSPS) is 21.4. The summed E-state index contributed by atoms with van der Waals surface area (Å²) < 4.78 is 6.07. The number of rotatable bonds is 3. The van der Waals surface area contributed by atoms with Crippen molar-refractivity contribution in [1.29, 1.82) is 0 Å². The smallest absolute Gasteiger partial charge is 0.338 e. The molecule has 2 atom stereocenters. The number of ether oxygens (including phenoxy) is 1. The molecule has 28 heavy (non-hydrogen) atoms. The van der Waals surface area contributed by atoms with Crippen LogP contribution in [-0.4, -0.2) is 47.6 Å². The Morgan fingerprint density at radius 1 is 1.25 bits per heavy atom. The highest BCUT2D eigenvalue weighted by Gasteiger charge is 2.33. The van der Waals surface area contributed by atoms with E-state index in [2.05, 4.69) is 21.2 Å². The van der Waals surface area contributed by atoms with Crippen molar-refractivity contribution in [1.82, 2.24) is 10.2 Å². The average molecular weight is 445 g/mol. The number of aliphatic hydroxyl groups is 1. The molecule has 2 heterocycles. The first-order chi connectivity index (χ1) is 13.5. The van der Waals surface area contributed by atoms with E-state index in [4.69, 9.17) is 4.74 Å². The van der Waals surface area contributed by atoms with Crippen molar-refractivity contribution >= 4 is 27.8 Å². The van der Waals surface area contributed by atoms with Crippen molar-refractivity contribution < 1.29 is 19.4 Å². The standard InChI is InChI=1S/C21H21BrN2O4/c1-12-16(6-7-17-18(12)11-28-21(17)27)19-9-24(8-15(10-25)23-19)20(26)13-2-4-14(22)5-3-13/h2-7,15,19,23,25H,8-11H2,1H3/t15-,19+/m1/s1. The van der Waals surface area contributed by atoms with Crippen LogP contribution in [0, 0.1) is 6.92 Å². The second-order valence-corrected chi connectivity index (χ2v) is 8.11. The second kappa shape index (κ2) is 7.66. The molecule has 2 N–H and O–H groups in total.